The summed E-state index contributed by atoms with van der Waals surface area (Å²) in [6.45, 7) is 1.60. The van der Waals surface area contributed by atoms with Crippen molar-refractivity contribution >= 4 is 27.5 Å². The van der Waals surface area contributed by atoms with Crippen LogP contribution in [-0.4, -0.2) is 13.0 Å². The minimum atomic E-state index is -0.185. The second-order valence-corrected chi connectivity index (χ2v) is 3.95. The normalized spacial score (nSPS) is 10.0. The number of carbonyl (C=O) groups excluding carboxylic acids is 1. The average molecular weight is 289 g/mol. The summed E-state index contributed by atoms with van der Waals surface area (Å²) in [5, 5.41) is 2.69. The fraction of sp³-hybridized carbons (Fsp3) is 0.300. The van der Waals surface area contributed by atoms with Gasteiger partial charge in [0.2, 0.25) is 5.91 Å². The molecule has 5 nitrogen and oxygen atoms in total. The van der Waals surface area contributed by atoms with Crippen LogP contribution in [0.3, 0.4) is 0 Å². The van der Waals surface area contributed by atoms with Crippen LogP contribution in [-0.2, 0) is 16.2 Å². The third-order valence-corrected chi connectivity index (χ3v) is 2.71. The van der Waals surface area contributed by atoms with Crippen LogP contribution in [0.15, 0.2) is 16.6 Å². The van der Waals surface area contributed by atoms with Crippen LogP contribution >= 0.6 is 15.9 Å². The highest BCUT2D eigenvalue weighted by atomic mass is 79.9. The Hall–Kier alpha value is -1.11. The van der Waals surface area contributed by atoms with Gasteiger partial charge in [-0.3, -0.25) is 9.63 Å². The Morgan fingerprint density at radius 2 is 2.25 bits per heavy atom. The van der Waals surface area contributed by atoms with Crippen molar-refractivity contribution in [3.63, 3.8) is 0 Å². The predicted molar refractivity (Wildman–Crippen MR) is 64.0 cm³/mol. The van der Waals surface area contributed by atoms with E-state index < -0.39 is 0 Å². The van der Waals surface area contributed by atoms with Crippen LogP contribution in [0, 0.1) is 0 Å². The summed E-state index contributed by atoms with van der Waals surface area (Å²) >= 11 is 3.36. The highest BCUT2D eigenvalue weighted by Crippen LogP contribution is 2.34. The minimum absolute atomic E-state index is 0.174. The lowest BCUT2D eigenvalue weighted by atomic mass is 10.1. The number of rotatable bonds is 4. The van der Waals surface area contributed by atoms with E-state index in [1.165, 1.54) is 14.0 Å². The van der Waals surface area contributed by atoms with Gasteiger partial charge in [0, 0.05) is 17.0 Å². The molecule has 0 aliphatic carbocycles. The summed E-state index contributed by atoms with van der Waals surface area (Å²) in [7, 11) is 1.53. The van der Waals surface area contributed by atoms with E-state index in [2.05, 4.69) is 26.1 Å². The van der Waals surface area contributed by atoms with Crippen molar-refractivity contribution in [2.45, 2.75) is 13.5 Å². The van der Waals surface area contributed by atoms with Crippen LogP contribution in [0.1, 0.15) is 12.5 Å². The van der Waals surface area contributed by atoms with Crippen molar-refractivity contribution in [3.05, 3.63) is 22.2 Å². The first-order valence-corrected chi connectivity index (χ1v) is 5.34. The van der Waals surface area contributed by atoms with Crippen molar-refractivity contribution in [1.82, 2.24) is 0 Å². The van der Waals surface area contributed by atoms with Crippen LogP contribution in [0.2, 0.25) is 0 Å². The first kappa shape index (κ1) is 13.0. The number of nitrogens with one attached hydrogen (secondary N) is 1. The molecule has 0 fully saturated rings. The number of nitrogens with two attached hydrogens (primary N) is 1. The molecule has 1 rings (SSSR count). The maximum Gasteiger partial charge on any atom is 0.221 e. The Morgan fingerprint density at radius 3 is 2.75 bits per heavy atom. The van der Waals surface area contributed by atoms with Gasteiger partial charge in [0.1, 0.15) is 5.75 Å². The smallest absolute Gasteiger partial charge is 0.221 e. The highest BCUT2D eigenvalue weighted by Gasteiger charge is 2.13. The molecule has 0 unspecified atom stereocenters. The average Bonchev–Trinajstić information content (AvgIpc) is 2.23. The molecule has 16 heavy (non-hydrogen) atoms. The Labute approximate surface area is 102 Å². The predicted octanol–water partition coefficient (Wildman–Crippen LogP) is 1.81. The fourth-order valence-electron chi connectivity index (χ4n) is 1.31. The summed E-state index contributed by atoms with van der Waals surface area (Å²) in [5.74, 6) is 5.42. The zero-order chi connectivity index (χ0) is 12.1. The molecule has 0 heterocycles. The maximum absolute atomic E-state index is 11.1. The Morgan fingerprint density at radius 1 is 1.56 bits per heavy atom. The molecule has 0 saturated heterocycles. The monoisotopic (exact) mass is 288 g/mol. The molecular weight excluding hydrogens is 276 g/mol. The van der Waals surface area contributed by atoms with Crippen molar-refractivity contribution < 1.29 is 14.4 Å². The molecule has 88 valence electrons. The molecule has 0 saturated carbocycles. The van der Waals surface area contributed by atoms with E-state index in [4.69, 9.17) is 10.6 Å². The summed E-state index contributed by atoms with van der Waals surface area (Å²) in [4.78, 5) is 15.7. The van der Waals surface area contributed by atoms with Gasteiger partial charge in [0.15, 0.2) is 0 Å². The molecule has 0 bridgehead atoms. The van der Waals surface area contributed by atoms with Gasteiger partial charge in [0.25, 0.3) is 0 Å². The number of halogens is 1. The standard InChI is InChI=1S/C10H13BrN2O3/c1-6(14)13-10-7(5-16-12)8(11)3-4-9(10)15-2/h3-4H,5,12H2,1-2H3,(H,13,14). The molecule has 0 aliphatic heterocycles. The Kier molecular flexibility index (Phi) is 4.72. The molecule has 0 aliphatic rings. The van der Waals surface area contributed by atoms with E-state index in [-0.39, 0.29) is 12.5 Å². The number of anilines is 1. The van der Waals surface area contributed by atoms with Crippen molar-refractivity contribution in [2.75, 3.05) is 12.4 Å². The van der Waals surface area contributed by atoms with Crippen molar-refractivity contribution in [2.24, 2.45) is 5.90 Å². The number of carbonyl (C=O) groups is 1. The van der Waals surface area contributed by atoms with E-state index in [0.717, 1.165) is 10.0 Å². The molecule has 1 aromatic carbocycles. The van der Waals surface area contributed by atoms with E-state index in [1.807, 2.05) is 0 Å². The zero-order valence-corrected chi connectivity index (χ0v) is 10.6. The van der Waals surface area contributed by atoms with Gasteiger partial charge in [-0.15, -0.1) is 0 Å². The lowest BCUT2D eigenvalue weighted by molar-refractivity contribution is -0.114. The number of hydrogen-bond acceptors (Lipinski definition) is 4. The quantitative estimate of drug-likeness (QED) is 0.829. The van der Waals surface area contributed by atoms with Gasteiger partial charge in [-0.2, -0.15) is 0 Å². The third kappa shape index (κ3) is 2.94. The van der Waals surface area contributed by atoms with Gasteiger partial charge in [-0.25, -0.2) is 5.90 Å². The summed E-state index contributed by atoms with van der Waals surface area (Å²) in [6, 6.07) is 3.55. The highest BCUT2D eigenvalue weighted by molar-refractivity contribution is 9.10. The van der Waals surface area contributed by atoms with Gasteiger partial charge in [0.05, 0.1) is 19.4 Å². The van der Waals surface area contributed by atoms with Crippen LogP contribution in [0.4, 0.5) is 5.69 Å². The summed E-state index contributed by atoms with van der Waals surface area (Å²) in [5.41, 5.74) is 1.30. The van der Waals surface area contributed by atoms with E-state index in [1.54, 1.807) is 12.1 Å². The molecule has 6 heteroatoms. The molecule has 0 atom stereocenters. The molecule has 0 radical (unpaired) electrons. The van der Waals surface area contributed by atoms with Crippen LogP contribution in [0.5, 0.6) is 5.75 Å². The minimum Gasteiger partial charge on any atom is -0.495 e. The fourth-order valence-corrected chi connectivity index (χ4v) is 1.75. The largest absolute Gasteiger partial charge is 0.495 e. The molecular formula is C10H13BrN2O3. The number of amides is 1. The second kappa shape index (κ2) is 5.83. The van der Waals surface area contributed by atoms with Crippen LogP contribution in [0.25, 0.3) is 0 Å². The van der Waals surface area contributed by atoms with Crippen molar-refractivity contribution in [1.29, 1.82) is 0 Å². The molecule has 1 aromatic rings. The number of hydrogen-bond donors (Lipinski definition) is 2. The number of benzene rings is 1. The van der Waals surface area contributed by atoms with Gasteiger partial charge in [-0.1, -0.05) is 15.9 Å². The third-order valence-electron chi connectivity index (χ3n) is 1.97. The molecule has 3 N–H and O–H groups in total. The van der Waals surface area contributed by atoms with Gasteiger partial charge < -0.3 is 10.1 Å². The first-order chi connectivity index (χ1) is 7.60. The first-order valence-electron chi connectivity index (χ1n) is 4.54. The second-order valence-electron chi connectivity index (χ2n) is 3.10. The van der Waals surface area contributed by atoms with Gasteiger partial charge in [-0.05, 0) is 12.1 Å². The van der Waals surface area contributed by atoms with Crippen molar-refractivity contribution in [3.8, 4) is 5.75 Å². The zero-order valence-electron chi connectivity index (χ0n) is 9.04. The molecule has 0 spiro atoms. The van der Waals surface area contributed by atoms with Crippen LogP contribution < -0.4 is 16.0 Å². The maximum atomic E-state index is 11.1. The number of methoxy groups -OCH3 is 1. The van der Waals surface area contributed by atoms with Gasteiger partial charge >= 0.3 is 0 Å². The summed E-state index contributed by atoms with van der Waals surface area (Å²) in [6.07, 6.45) is 0. The SMILES string of the molecule is COc1ccc(Br)c(CON)c1NC(C)=O. The number of ether oxygens (including phenoxy) is 1. The lowest BCUT2D eigenvalue weighted by Crippen LogP contribution is -2.11. The Balaban J connectivity index is 3.24. The topological polar surface area (TPSA) is 73.6 Å². The Bertz CT molecular complexity index is 396. The van der Waals surface area contributed by atoms with E-state index in [9.17, 15) is 4.79 Å². The lowest BCUT2D eigenvalue weighted by Gasteiger charge is -2.15. The van der Waals surface area contributed by atoms with E-state index >= 15 is 0 Å². The molecule has 1 amide bonds. The summed E-state index contributed by atoms with van der Waals surface area (Å²) < 4.78 is 5.95. The van der Waals surface area contributed by atoms with E-state index in [0.29, 0.717) is 11.4 Å². The molecule has 0 aromatic heterocycles.